The Kier molecular flexibility index (Phi) is 5.64. The third-order valence-corrected chi connectivity index (χ3v) is 1.77. The second kappa shape index (κ2) is 5.69. The molecule has 0 saturated carbocycles. The number of hydrogen-bond donors (Lipinski definition) is 1. The second-order valence-electron chi connectivity index (χ2n) is 2.80. The fourth-order valence-electron chi connectivity index (χ4n) is 1.18. The summed E-state index contributed by atoms with van der Waals surface area (Å²) in [6.07, 6.45) is 4.49. The van der Waals surface area contributed by atoms with E-state index in [9.17, 15) is 0 Å². The number of hydrogen-bond acceptors (Lipinski definition) is 2. The average molecular weight is 145 g/mol. The predicted octanol–water partition coefficient (Wildman–Crippen LogP) is 2.28. The quantitative estimate of drug-likeness (QED) is 0.600. The number of hydroxylamine groups is 2. The van der Waals surface area contributed by atoms with Crippen molar-refractivity contribution in [1.29, 1.82) is 0 Å². The summed E-state index contributed by atoms with van der Waals surface area (Å²) in [7, 11) is 1.73. The molecule has 0 rings (SSSR count). The Morgan fingerprint density at radius 3 is 1.80 bits per heavy atom. The van der Waals surface area contributed by atoms with Gasteiger partial charge >= 0.3 is 0 Å². The normalized spacial score (nSPS) is 11.4. The predicted molar refractivity (Wildman–Crippen MR) is 43.2 cm³/mol. The maximum Gasteiger partial charge on any atom is 0.0346 e. The van der Waals surface area contributed by atoms with Crippen LogP contribution in [0.25, 0.3) is 0 Å². The van der Waals surface area contributed by atoms with Crippen LogP contribution in [0.2, 0.25) is 0 Å². The molecule has 0 aromatic carbocycles. The summed E-state index contributed by atoms with van der Waals surface area (Å²) in [5, 5.41) is 10.4. The number of nitrogens with zero attached hydrogens (tertiary/aromatic N) is 1. The van der Waals surface area contributed by atoms with Crippen molar-refractivity contribution >= 4 is 0 Å². The smallest absolute Gasteiger partial charge is 0.0346 e. The SMILES string of the molecule is CCCC(CCC)N(C)O. The maximum atomic E-state index is 9.11. The Hall–Kier alpha value is -0.0800. The van der Waals surface area contributed by atoms with Gasteiger partial charge in [-0.05, 0) is 12.8 Å². The molecule has 2 heteroatoms. The molecule has 0 aliphatic rings. The van der Waals surface area contributed by atoms with Crippen molar-refractivity contribution in [2.75, 3.05) is 7.05 Å². The van der Waals surface area contributed by atoms with Gasteiger partial charge in [0.1, 0.15) is 0 Å². The molecule has 0 aromatic rings. The summed E-state index contributed by atoms with van der Waals surface area (Å²) in [5.74, 6) is 0. The minimum atomic E-state index is 0.370. The Morgan fingerprint density at radius 2 is 1.60 bits per heavy atom. The Balaban J connectivity index is 3.50. The third kappa shape index (κ3) is 3.85. The summed E-state index contributed by atoms with van der Waals surface area (Å²) >= 11 is 0. The summed E-state index contributed by atoms with van der Waals surface area (Å²) in [5.41, 5.74) is 0. The van der Waals surface area contributed by atoms with Crippen LogP contribution in [0.5, 0.6) is 0 Å². The molecule has 62 valence electrons. The fourth-order valence-corrected chi connectivity index (χ4v) is 1.18. The molecule has 0 atom stereocenters. The van der Waals surface area contributed by atoms with Gasteiger partial charge in [0.15, 0.2) is 0 Å². The summed E-state index contributed by atoms with van der Waals surface area (Å²) in [6, 6.07) is 0.370. The Morgan fingerprint density at radius 1 is 1.20 bits per heavy atom. The summed E-state index contributed by atoms with van der Waals surface area (Å²) < 4.78 is 0. The molecular formula is C8H19NO. The highest BCUT2D eigenvalue weighted by atomic mass is 16.5. The molecule has 0 saturated heterocycles. The molecule has 0 heterocycles. The molecule has 0 amide bonds. The van der Waals surface area contributed by atoms with E-state index in [2.05, 4.69) is 13.8 Å². The van der Waals surface area contributed by atoms with Crippen LogP contribution >= 0.6 is 0 Å². The van der Waals surface area contributed by atoms with Crippen LogP contribution in [0.3, 0.4) is 0 Å². The van der Waals surface area contributed by atoms with Gasteiger partial charge in [-0.1, -0.05) is 26.7 Å². The minimum absolute atomic E-state index is 0.370. The van der Waals surface area contributed by atoms with Gasteiger partial charge in [0.2, 0.25) is 0 Å². The van der Waals surface area contributed by atoms with Crippen molar-refractivity contribution in [3.8, 4) is 0 Å². The van der Waals surface area contributed by atoms with Gasteiger partial charge in [-0.2, -0.15) is 5.06 Å². The van der Waals surface area contributed by atoms with E-state index in [4.69, 9.17) is 5.21 Å². The van der Waals surface area contributed by atoms with Gasteiger partial charge in [-0.3, -0.25) is 0 Å². The first-order valence-corrected chi connectivity index (χ1v) is 4.14. The monoisotopic (exact) mass is 145 g/mol. The van der Waals surface area contributed by atoms with Gasteiger partial charge in [0.25, 0.3) is 0 Å². The van der Waals surface area contributed by atoms with Crippen LogP contribution < -0.4 is 0 Å². The Bertz CT molecular complexity index is 67.7. The van der Waals surface area contributed by atoms with Crippen molar-refractivity contribution < 1.29 is 5.21 Å². The summed E-state index contributed by atoms with van der Waals surface area (Å²) in [6.45, 7) is 4.29. The maximum absolute atomic E-state index is 9.11. The minimum Gasteiger partial charge on any atom is -0.314 e. The molecule has 0 aliphatic heterocycles. The van der Waals surface area contributed by atoms with Gasteiger partial charge in [-0.15, -0.1) is 0 Å². The molecule has 0 unspecified atom stereocenters. The fraction of sp³-hybridized carbons (Fsp3) is 1.00. The average Bonchev–Trinajstić information content (AvgIpc) is 1.87. The molecule has 0 spiro atoms. The largest absolute Gasteiger partial charge is 0.314 e. The van der Waals surface area contributed by atoms with Crippen LogP contribution in [0, 0.1) is 0 Å². The molecule has 0 bridgehead atoms. The molecule has 1 N–H and O–H groups in total. The highest BCUT2D eigenvalue weighted by Gasteiger charge is 2.09. The molecule has 2 nitrogen and oxygen atoms in total. The molecular weight excluding hydrogens is 126 g/mol. The molecule has 0 aliphatic carbocycles. The van der Waals surface area contributed by atoms with E-state index in [0.717, 1.165) is 25.7 Å². The van der Waals surface area contributed by atoms with Crippen LogP contribution in [-0.2, 0) is 0 Å². The second-order valence-corrected chi connectivity index (χ2v) is 2.80. The highest BCUT2D eigenvalue weighted by Crippen LogP contribution is 2.08. The van der Waals surface area contributed by atoms with Crippen LogP contribution in [0.1, 0.15) is 39.5 Å². The van der Waals surface area contributed by atoms with Crippen LogP contribution in [-0.4, -0.2) is 23.4 Å². The van der Waals surface area contributed by atoms with Gasteiger partial charge in [0, 0.05) is 13.1 Å². The van der Waals surface area contributed by atoms with Gasteiger partial charge in [0.05, 0.1) is 0 Å². The first kappa shape index (κ1) is 9.92. The lowest BCUT2D eigenvalue weighted by molar-refractivity contribution is -0.107. The lowest BCUT2D eigenvalue weighted by Gasteiger charge is -2.20. The first-order chi connectivity index (χ1) is 4.72. The van der Waals surface area contributed by atoms with E-state index < -0.39 is 0 Å². The van der Waals surface area contributed by atoms with Crippen molar-refractivity contribution in [3.05, 3.63) is 0 Å². The van der Waals surface area contributed by atoms with Gasteiger partial charge < -0.3 is 5.21 Å². The molecule has 0 radical (unpaired) electrons. The van der Waals surface area contributed by atoms with E-state index in [1.165, 1.54) is 5.06 Å². The zero-order chi connectivity index (χ0) is 7.98. The first-order valence-electron chi connectivity index (χ1n) is 4.14. The van der Waals surface area contributed by atoms with Crippen molar-refractivity contribution in [3.63, 3.8) is 0 Å². The van der Waals surface area contributed by atoms with Crippen molar-refractivity contribution in [2.24, 2.45) is 0 Å². The van der Waals surface area contributed by atoms with Crippen LogP contribution in [0.15, 0.2) is 0 Å². The summed E-state index contributed by atoms with van der Waals surface area (Å²) in [4.78, 5) is 0. The zero-order valence-electron chi connectivity index (χ0n) is 7.30. The van der Waals surface area contributed by atoms with Crippen molar-refractivity contribution in [1.82, 2.24) is 5.06 Å². The lowest BCUT2D eigenvalue weighted by Crippen LogP contribution is -2.27. The highest BCUT2D eigenvalue weighted by molar-refractivity contribution is 4.60. The van der Waals surface area contributed by atoms with E-state index in [1.54, 1.807) is 7.05 Å². The molecule has 0 aromatic heterocycles. The zero-order valence-corrected chi connectivity index (χ0v) is 7.30. The van der Waals surface area contributed by atoms with Crippen LogP contribution in [0.4, 0.5) is 0 Å². The van der Waals surface area contributed by atoms with E-state index >= 15 is 0 Å². The molecule has 10 heavy (non-hydrogen) atoms. The van der Waals surface area contributed by atoms with E-state index in [1.807, 2.05) is 0 Å². The topological polar surface area (TPSA) is 23.5 Å². The Labute approximate surface area is 63.8 Å². The third-order valence-electron chi connectivity index (χ3n) is 1.77. The lowest BCUT2D eigenvalue weighted by atomic mass is 10.1. The van der Waals surface area contributed by atoms with Crippen molar-refractivity contribution in [2.45, 2.75) is 45.6 Å². The van der Waals surface area contributed by atoms with Gasteiger partial charge in [-0.25, -0.2) is 0 Å². The standard InChI is InChI=1S/C8H19NO/c1-4-6-8(7-5-2)9(3)10/h8,10H,4-7H2,1-3H3. The van der Waals surface area contributed by atoms with E-state index in [-0.39, 0.29) is 0 Å². The van der Waals surface area contributed by atoms with E-state index in [0.29, 0.717) is 6.04 Å². The number of rotatable bonds is 5. The molecule has 0 fully saturated rings.